The van der Waals surface area contributed by atoms with Crippen molar-refractivity contribution in [2.75, 3.05) is 0 Å². The molecule has 3 atom stereocenters. The number of allylic oxidation sites excluding steroid dienone is 2. The fourth-order valence-corrected chi connectivity index (χ4v) is 1.99. The minimum Gasteiger partial charge on any atom is -0.480 e. The maximum absolute atomic E-state index is 11.9. The van der Waals surface area contributed by atoms with E-state index in [0.717, 1.165) is 25.7 Å². The molecule has 0 aliphatic heterocycles. The van der Waals surface area contributed by atoms with Crippen LogP contribution in [0, 0.1) is 11.8 Å². The van der Waals surface area contributed by atoms with Crippen molar-refractivity contribution in [1.82, 2.24) is 5.32 Å². The molecule has 2 N–H and O–H groups in total. The molecule has 1 rings (SSSR count). The molecule has 4 nitrogen and oxygen atoms in total. The summed E-state index contributed by atoms with van der Waals surface area (Å²) in [5.41, 5.74) is 0. The molecule has 4 heteroatoms. The van der Waals surface area contributed by atoms with Gasteiger partial charge in [-0.15, -0.1) is 0 Å². The lowest BCUT2D eigenvalue weighted by Gasteiger charge is -2.24. The molecular formula is C13H21NO3. The van der Waals surface area contributed by atoms with E-state index < -0.39 is 12.0 Å². The average molecular weight is 239 g/mol. The molecule has 96 valence electrons. The first-order valence-electron chi connectivity index (χ1n) is 6.24. The molecule has 0 bridgehead atoms. The van der Waals surface area contributed by atoms with Gasteiger partial charge >= 0.3 is 5.97 Å². The molecule has 0 spiro atoms. The van der Waals surface area contributed by atoms with E-state index in [1.54, 1.807) is 0 Å². The predicted molar refractivity (Wildman–Crippen MR) is 65.5 cm³/mol. The number of carbonyl (C=O) groups is 2. The number of hydrogen-bond acceptors (Lipinski definition) is 2. The molecule has 1 aliphatic carbocycles. The molecule has 1 unspecified atom stereocenters. The first kappa shape index (κ1) is 13.7. The van der Waals surface area contributed by atoms with Gasteiger partial charge in [0.15, 0.2) is 0 Å². The van der Waals surface area contributed by atoms with Crippen LogP contribution in [0.1, 0.15) is 39.5 Å². The maximum Gasteiger partial charge on any atom is 0.326 e. The van der Waals surface area contributed by atoms with Crippen molar-refractivity contribution in [3.8, 4) is 0 Å². The van der Waals surface area contributed by atoms with Crippen molar-refractivity contribution in [3.05, 3.63) is 12.2 Å². The summed E-state index contributed by atoms with van der Waals surface area (Å²) < 4.78 is 0. The van der Waals surface area contributed by atoms with Crippen molar-refractivity contribution < 1.29 is 14.7 Å². The van der Waals surface area contributed by atoms with Gasteiger partial charge in [-0.25, -0.2) is 4.79 Å². The van der Waals surface area contributed by atoms with Gasteiger partial charge in [0.2, 0.25) is 5.91 Å². The molecule has 0 saturated heterocycles. The van der Waals surface area contributed by atoms with Crippen molar-refractivity contribution in [3.63, 3.8) is 0 Å². The van der Waals surface area contributed by atoms with Crippen LogP contribution >= 0.6 is 0 Å². The lowest BCUT2D eigenvalue weighted by molar-refractivity contribution is -0.144. The zero-order valence-electron chi connectivity index (χ0n) is 10.5. The molecule has 1 amide bonds. The van der Waals surface area contributed by atoms with Crippen LogP contribution in [0.2, 0.25) is 0 Å². The second-order valence-corrected chi connectivity index (χ2v) is 4.69. The van der Waals surface area contributed by atoms with Crippen LogP contribution in [0.5, 0.6) is 0 Å². The number of hydrogen-bond donors (Lipinski definition) is 2. The lowest BCUT2D eigenvalue weighted by atomic mass is 9.92. The summed E-state index contributed by atoms with van der Waals surface area (Å²) >= 11 is 0. The molecule has 0 fully saturated rings. The van der Waals surface area contributed by atoms with E-state index in [4.69, 9.17) is 5.11 Å². The molecule has 0 aromatic carbocycles. The second kappa shape index (κ2) is 6.42. The number of carboxylic acids is 1. The van der Waals surface area contributed by atoms with E-state index in [9.17, 15) is 9.59 Å². The zero-order valence-corrected chi connectivity index (χ0v) is 10.5. The monoisotopic (exact) mass is 239 g/mol. The van der Waals surface area contributed by atoms with E-state index in [2.05, 4.69) is 11.4 Å². The van der Waals surface area contributed by atoms with Crippen LogP contribution in [-0.2, 0) is 9.59 Å². The van der Waals surface area contributed by atoms with Gasteiger partial charge < -0.3 is 10.4 Å². The number of carboxylic acid groups (broad SMARTS) is 1. The maximum atomic E-state index is 11.9. The van der Waals surface area contributed by atoms with E-state index in [0.29, 0.717) is 0 Å². The predicted octanol–water partition coefficient (Wildman–Crippen LogP) is 1.96. The van der Waals surface area contributed by atoms with Gasteiger partial charge in [0.25, 0.3) is 0 Å². The molecule has 0 aromatic rings. The van der Waals surface area contributed by atoms with Gasteiger partial charge in [0.05, 0.1) is 0 Å². The van der Waals surface area contributed by atoms with E-state index in [-0.39, 0.29) is 17.7 Å². The quantitative estimate of drug-likeness (QED) is 0.721. The molecule has 0 aromatic heterocycles. The van der Waals surface area contributed by atoms with Crippen LogP contribution in [0.4, 0.5) is 0 Å². The van der Waals surface area contributed by atoms with Crippen LogP contribution in [0.15, 0.2) is 12.2 Å². The Morgan fingerprint density at radius 2 is 2.18 bits per heavy atom. The van der Waals surface area contributed by atoms with Crippen molar-refractivity contribution in [2.45, 2.75) is 45.6 Å². The smallest absolute Gasteiger partial charge is 0.326 e. The zero-order chi connectivity index (χ0) is 12.8. The highest BCUT2D eigenvalue weighted by atomic mass is 16.4. The Hall–Kier alpha value is -1.32. The molecule has 1 aliphatic rings. The van der Waals surface area contributed by atoms with Gasteiger partial charge in [0, 0.05) is 5.92 Å². The Balaban J connectivity index is 2.57. The SMILES string of the molecule is CC[C@H](C)[C@H](NC(=O)C1CC=CCC1)C(=O)O. The normalized spacial score (nSPS) is 22.8. The summed E-state index contributed by atoms with van der Waals surface area (Å²) in [5, 5.41) is 11.8. The first-order valence-corrected chi connectivity index (χ1v) is 6.24. The van der Waals surface area contributed by atoms with Gasteiger partial charge in [-0.2, -0.15) is 0 Å². The summed E-state index contributed by atoms with van der Waals surface area (Å²) in [6.07, 6.45) is 7.23. The third-order valence-corrected chi connectivity index (χ3v) is 3.42. The fourth-order valence-electron chi connectivity index (χ4n) is 1.99. The molecule has 0 radical (unpaired) electrons. The highest BCUT2D eigenvalue weighted by Gasteiger charge is 2.28. The number of aliphatic carboxylic acids is 1. The Kier molecular flexibility index (Phi) is 5.19. The number of amides is 1. The van der Waals surface area contributed by atoms with Crippen molar-refractivity contribution >= 4 is 11.9 Å². The Morgan fingerprint density at radius 1 is 1.47 bits per heavy atom. The minimum atomic E-state index is -0.945. The molecule has 0 heterocycles. The van der Waals surface area contributed by atoms with Crippen molar-refractivity contribution in [2.24, 2.45) is 11.8 Å². The highest BCUT2D eigenvalue weighted by Crippen LogP contribution is 2.19. The summed E-state index contributed by atoms with van der Waals surface area (Å²) in [4.78, 5) is 23.0. The van der Waals surface area contributed by atoms with Gasteiger partial charge in [-0.1, -0.05) is 32.4 Å². The topological polar surface area (TPSA) is 66.4 Å². The summed E-state index contributed by atoms with van der Waals surface area (Å²) in [5.74, 6) is -1.18. The fraction of sp³-hybridized carbons (Fsp3) is 0.692. The number of carbonyl (C=O) groups excluding carboxylic acids is 1. The average Bonchev–Trinajstić information content (AvgIpc) is 2.35. The van der Waals surface area contributed by atoms with Gasteiger partial charge in [-0.05, 0) is 25.2 Å². The summed E-state index contributed by atoms with van der Waals surface area (Å²) in [6, 6.07) is -0.765. The van der Waals surface area contributed by atoms with Crippen LogP contribution < -0.4 is 5.32 Å². The molecular weight excluding hydrogens is 218 g/mol. The van der Waals surface area contributed by atoms with Gasteiger partial charge in [-0.3, -0.25) is 4.79 Å². The molecule has 0 saturated carbocycles. The van der Waals surface area contributed by atoms with Gasteiger partial charge in [0.1, 0.15) is 6.04 Å². The third kappa shape index (κ3) is 3.88. The molecule has 17 heavy (non-hydrogen) atoms. The lowest BCUT2D eigenvalue weighted by Crippen LogP contribution is -2.47. The third-order valence-electron chi connectivity index (χ3n) is 3.42. The van der Waals surface area contributed by atoms with Crippen LogP contribution in [-0.4, -0.2) is 23.0 Å². The minimum absolute atomic E-state index is 0.0458. The largest absolute Gasteiger partial charge is 0.480 e. The van der Waals surface area contributed by atoms with Crippen LogP contribution in [0.3, 0.4) is 0 Å². The van der Waals surface area contributed by atoms with E-state index in [1.807, 2.05) is 19.9 Å². The summed E-state index contributed by atoms with van der Waals surface area (Å²) in [6.45, 7) is 3.77. The van der Waals surface area contributed by atoms with E-state index in [1.165, 1.54) is 0 Å². The number of nitrogens with one attached hydrogen (secondary N) is 1. The second-order valence-electron chi connectivity index (χ2n) is 4.69. The Labute approximate surface area is 102 Å². The number of rotatable bonds is 5. The standard InChI is InChI=1S/C13H21NO3/c1-3-9(2)11(13(16)17)14-12(15)10-7-5-4-6-8-10/h4-5,9-11H,3,6-8H2,1-2H3,(H,14,15)(H,16,17)/t9-,10?,11-/m0/s1. The summed E-state index contributed by atoms with van der Waals surface area (Å²) in [7, 11) is 0. The highest BCUT2D eigenvalue weighted by molar-refractivity contribution is 5.85. The Morgan fingerprint density at radius 3 is 2.65 bits per heavy atom. The Bertz CT molecular complexity index is 312. The van der Waals surface area contributed by atoms with E-state index >= 15 is 0 Å². The first-order chi connectivity index (χ1) is 8.06. The van der Waals surface area contributed by atoms with Crippen LogP contribution in [0.25, 0.3) is 0 Å². The van der Waals surface area contributed by atoms with Crippen molar-refractivity contribution in [1.29, 1.82) is 0 Å².